The van der Waals surface area contributed by atoms with Gasteiger partial charge in [-0.1, -0.05) is 0 Å². The monoisotopic (exact) mass is 422 g/mol. The summed E-state index contributed by atoms with van der Waals surface area (Å²) in [6.45, 7) is 7.02. The molecule has 29 heavy (non-hydrogen) atoms. The topological polar surface area (TPSA) is 84.3 Å². The van der Waals surface area contributed by atoms with Crippen LogP contribution in [0.25, 0.3) is 0 Å². The highest BCUT2D eigenvalue weighted by molar-refractivity contribution is 7.89. The third-order valence-corrected chi connectivity index (χ3v) is 7.22. The molecule has 0 spiro atoms. The number of benzene rings is 1. The molecule has 0 saturated carbocycles. The number of piperidine rings is 1. The number of aryl methyl sites for hydroxylation is 2. The van der Waals surface area contributed by atoms with Gasteiger partial charge in [0.2, 0.25) is 15.9 Å². The molecule has 9 heteroatoms. The highest BCUT2D eigenvalue weighted by Gasteiger charge is 2.34. The number of rotatable bonds is 6. The summed E-state index contributed by atoms with van der Waals surface area (Å²) < 4.78 is 42.0. The summed E-state index contributed by atoms with van der Waals surface area (Å²) in [7, 11) is -3.76. The van der Waals surface area contributed by atoms with Gasteiger partial charge in [-0.05, 0) is 57.9 Å². The smallest absolute Gasteiger partial charge is 0.243 e. The molecule has 1 aliphatic rings. The van der Waals surface area contributed by atoms with Crippen molar-refractivity contribution >= 4 is 15.9 Å². The minimum Gasteiger partial charge on any atom is -0.349 e. The second-order valence-corrected chi connectivity index (χ2v) is 9.35. The first kappa shape index (κ1) is 21.4. The summed E-state index contributed by atoms with van der Waals surface area (Å²) in [5, 5.41) is 7.41. The van der Waals surface area contributed by atoms with Gasteiger partial charge in [-0.15, -0.1) is 0 Å². The van der Waals surface area contributed by atoms with Crippen molar-refractivity contribution in [2.24, 2.45) is 5.92 Å². The van der Waals surface area contributed by atoms with Gasteiger partial charge in [0, 0.05) is 31.4 Å². The van der Waals surface area contributed by atoms with Crippen LogP contribution in [0.5, 0.6) is 0 Å². The van der Waals surface area contributed by atoms with E-state index in [4.69, 9.17) is 0 Å². The third-order valence-electron chi connectivity index (χ3n) is 5.34. The zero-order chi connectivity index (χ0) is 21.2. The fourth-order valence-electron chi connectivity index (χ4n) is 3.66. The molecule has 1 aromatic heterocycles. The number of sulfonamides is 1. The molecule has 3 rings (SSSR count). The van der Waals surface area contributed by atoms with Crippen LogP contribution in [0.15, 0.2) is 35.4 Å². The minimum absolute atomic E-state index is 0.0379. The predicted molar refractivity (Wildman–Crippen MR) is 107 cm³/mol. The quantitative estimate of drug-likeness (QED) is 0.776. The third kappa shape index (κ3) is 4.67. The summed E-state index contributed by atoms with van der Waals surface area (Å²) in [6.07, 6.45) is 3.15. The summed E-state index contributed by atoms with van der Waals surface area (Å²) in [4.78, 5) is 12.9. The second-order valence-electron chi connectivity index (χ2n) is 7.41. The van der Waals surface area contributed by atoms with Crippen LogP contribution in [0.4, 0.5) is 4.39 Å². The van der Waals surface area contributed by atoms with Gasteiger partial charge in [0.1, 0.15) is 5.82 Å². The molecule has 0 aliphatic carbocycles. The van der Waals surface area contributed by atoms with Crippen LogP contribution < -0.4 is 5.32 Å². The number of hydrogen-bond acceptors (Lipinski definition) is 4. The second kappa shape index (κ2) is 8.62. The van der Waals surface area contributed by atoms with E-state index in [2.05, 4.69) is 10.4 Å². The Kier molecular flexibility index (Phi) is 6.38. The van der Waals surface area contributed by atoms with Gasteiger partial charge in [0.25, 0.3) is 0 Å². The van der Waals surface area contributed by atoms with E-state index in [1.807, 2.05) is 31.6 Å². The van der Waals surface area contributed by atoms with Crippen LogP contribution in [0.2, 0.25) is 0 Å². The van der Waals surface area contributed by atoms with Gasteiger partial charge >= 0.3 is 0 Å². The lowest BCUT2D eigenvalue weighted by Gasteiger charge is -2.31. The maximum absolute atomic E-state index is 13.1. The number of hydrogen-bond donors (Lipinski definition) is 1. The number of amides is 1. The maximum Gasteiger partial charge on any atom is 0.243 e. The number of halogens is 1. The Balaban J connectivity index is 1.69. The van der Waals surface area contributed by atoms with Gasteiger partial charge in [0.05, 0.1) is 22.5 Å². The van der Waals surface area contributed by atoms with Gasteiger partial charge in [-0.2, -0.15) is 9.40 Å². The standard InChI is InChI=1S/C20H27FN4O3S/c1-4-24-13-19(15(3)23-24)14(2)22-20(26)16-6-5-11-25(12-16)29(27,28)18-9-7-17(21)8-10-18/h7-10,13-14,16H,4-6,11-12H2,1-3H3,(H,22,26)/t14-,16+/m1/s1. The molecule has 1 aromatic carbocycles. The van der Waals surface area contributed by atoms with Crippen LogP contribution in [0, 0.1) is 18.7 Å². The van der Waals surface area contributed by atoms with Crippen molar-refractivity contribution in [3.63, 3.8) is 0 Å². The van der Waals surface area contributed by atoms with Crippen LogP contribution in [-0.4, -0.2) is 41.5 Å². The summed E-state index contributed by atoms with van der Waals surface area (Å²) in [5.74, 6) is -1.08. The van der Waals surface area contributed by atoms with Gasteiger partial charge < -0.3 is 5.32 Å². The van der Waals surface area contributed by atoms with Crippen LogP contribution in [0.1, 0.15) is 44.0 Å². The molecule has 0 bridgehead atoms. The van der Waals surface area contributed by atoms with E-state index in [0.29, 0.717) is 19.4 Å². The highest BCUT2D eigenvalue weighted by atomic mass is 32.2. The number of carbonyl (C=O) groups is 1. The van der Waals surface area contributed by atoms with Crippen LogP contribution >= 0.6 is 0 Å². The molecular formula is C20H27FN4O3S. The first-order valence-electron chi connectivity index (χ1n) is 9.82. The summed E-state index contributed by atoms with van der Waals surface area (Å²) in [6, 6.07) is 4.55. The molecule has 0 radical (unpaired) electrons. The Labute approximate surface area is 171 Å². The average Bonchev–Trinajstić information content (AvgIpc) is 3.09. The number of nitrogens with one attached hydrogen (secondary N) is 1. The largest absolute Gasteiger partial charge is 0.349 e. The van der Waals surface area contributed by atoms with Gasteiger partial charge in [0.15, 0.2) is 0 Å². The van der Waals surface area contributed by atoms with E-state index in [1.165, 1.54) is 16.4 Å². The average molecular weight is 423 g/mol. The van der Waals surface area contributed by atoms with Crippen molar-refractivity contribution in [3.8, 4) is 0 Å². The van der Waals surface area contributed by atoms with Crippen LogP contribution in [-0.2, 0) is 21.4 Å². The van der Waals surface area contributed by atoms with E-state index in [1.54, 1.807) is 0 Å². The number of aromatic nitrogens is 2. The molecule has 158 valence electrons. The molecule has 2 aromatic rings. The minimum atomic E-state index is -3.76. The number of nitrogens with zero attached hydrogens (tertiary/aromatic N) is 3. The van der Waals surface area contributed by atoms with Crippen molar-refractivity contribution in [1.82, 2.24) is 19.4 Å². The molecule has 0 unspecified atom stereocenters. The van der Waals surface area contributed by atoms with Crippen molar-refractivity contribution in [1.29, 1.82) is 0 Å². The lowest BCUT2D eigenvalue weighted by Crippen LogP contribution is -2.45. The highest BCUT2D eigenvalue weighted by Crippen LogP contribution is 2.25. The van der Waals surface area contributed by atoms with Crippen molar-refractivity contribution in [2.75, 3.05) is 13.1 Å². The maximum atomic E-state index is 13.1. The summed E-state index contributed by atoms with van der Waals surface area (Å²) >= 11 is 0. The van der Waals surface area contributed by atoms with Crippen molar-refractivity contribution < 1.29 is 17.6 Å². The van der Waals surface area contributed by atoms with E-state index in [9.17, 15) is 17.6 Å². The normalized spacial score (nSPS) is 19.1. The molecule has 1 fully saturated rings. The summed E-state index contributed by atoms with van der Waals surface area (Å²) in [5.41, 5.74) is 1.82. The molecule has 1 amide bonds. The Morgan fingerprint density at radius 1 is 1.34 bits per heavy atom. The van der Waals surface area contributed by atoms with E-state index in [-0.39, 0.29) is 23.4 Å². The Bertz CT molecular complexity index is 972. The Hall–Kier alpha value is -2.26. The molecule has 1 aliphatic heterocycles. The fourth-order valence-corrected chi connectivity index (χ4v) is 5.18. The molecule has 2 heterocycles. The molecule has 7 nitrogen and oxygen atoms in total. The molecule has 1 saturated heterocycles. The Morgan fingerprint density at radius 3 is 2.66 bits per heavy atom. The van der Waals surface area contributed by atoms with Crippen LogP contribution in [0.3, 0.4) is 0 Å². The molecular weight excluding hydrogens is 395 g/mol. The first-order valence-corrected chi connectivity index (χ1v) is 11.3. The van der Waals surface area contributed by atoms with Gasteiger partial charge in [-0.3, -0.25) is 9.48 Å². The SMILES string of the molecule is CCn1cc([C@@H](C)NC(=O)[C@H]2CCCN(S(=O)(=O)c3ccc(F)cc3)C2)c(C)n1. The molecule has 1 N–H and O–H groups in total. The first-order chi connectivity index (χ1) is 13.7. The molecule has 2 atom stereocenters. The Morgan fingerprint density at radius 2 is 2.03 bits per heavy atom. The van der Waals surface area contributed by atoms with E-state index < -0.39 is 21.8 Å². The predicted octanol–water partition coefficient (Wildman–Crippen LogP) is 2.63. The zero-order valence-electron chi connectivity index (χ0n) is 16.9. The van der Waals surface area contributed by atoms with Crippen molar-refractivity contribution in [2.45, 2.75) is 51.1 Å². The van der Waals surface area contributed by atoms with E-state index >= 15 is 0 Å². The lowest BCUT2D eigenvalue weighted by atomic mass is 9.98. The zero-order valence-corrected chi connectivity index (χ0v) is 17.7. The fraction of sp³-hybridized carbons (Fsp3) is 0.500. The van der Waals surface area contributed by atoms with E-state index in [0.717, 1.165) is 29.9 Å². The lowest BCUT2D eigenvalue weighted by molar-refractivity contribution is -0.126. The van der Waals surface area contributed by atoms with Crippen molar-refractivity contribution in [3.05, 3.63) is 47.5 Å². The van der Waals surface area contributed by atoms with Gasteiger partial charge in [-0.25, -0.2) is 12.8 Å². The number of carbonyl (C=O) groups excluding carboxylic acids is 1.